The number of rotatable bonds is 7. The summed E-state index contributed by atoms with van der Waals surface area (Å²) in [6.07, 6.45) is -12.8. The molecular weight excluding hydrogens is 372 g/mol. The molecule has 2 heterocycles. The van der Waals surface area contributed by atoms with Crippen LogP contribution in [-0.4, -0.2) is 105 Å². The Morgan fingerprint density at radius 1 is 0.889 bits per heavy atom. The maximum Gasteiger partial charge on any atom is 0.223 e. The van der Waals surface area contributed by atoms with Crippen molar-refractivity contribution in [2.75, 3.05) is 19.7 Å². The molecule has 15 nitrogen and oxygen atoms in total. The van der Waals surface area contributed by atoms with Gasteiger partial charge in [0.05, 0.1) is 25.3 Å². The fraction of sp³-hybridized carbons (Fsp3) is 1.00. The van der Waals surface area contributed by atoms with E-state index < -0.39 is 68.0 Å². The third kappa shape index (κ3) is 4.24. The van der Waals surface area contributed by atoms with E-state index in [4.69, 9.17) is 25.3 Å². The molecule has 152 valence electrons. The third-order valence-electron chi connectivity index (χ3n) is 4.36. The molecule has 0 saturated carbocycles. The van der Waals surface area contributed by atoms with Gasteiger partial charge in [-0.25, -0.2) is 0 Å². The lowest BCUT2D eigenvalue weighted by Crippen LogP contribution is -2.62. The largest absolute Gasteiger partial charge is 0.391 e. The van der Waals surface area contributed by atoms with Crippen LogP contribution in [0, 0.1) is 0 Å². The van der Waals surface area contributed by atoms with Crippen molar-refractivity contribution in [3.63, 3.8) is 0 Å². The van der Waals surface area contributed by atoms with Gasteiger partial charge in [0.1, 0.15) is 37.1 Å². The van der Waals surface area contributed by atoms with Gasteiger partial charge in [-0.1, -0.05) is 10.2 Å². The van der Waals surface area contributed by atoms with Crippen LogP contribution >= 0.6 is 0 Å². The van der Waals surface area contributed by atoms with Crippen molar-refractivity contribution >= 4 is 0 Å². The van der Waals surface area contributed by atoms with Gasteiger partial charge >= 0.3 is 0 Å². The monoisotopic (exact) mass is 392 g/mol. The molecule has 6 N–H and O–H groups in total. The predicted octanol–water partition coefficient (Wildman–Crippen LogP) is -2.76. The maximum atomic E-state index is 10.2. The highest BCUT2D eigenvalue weighted by molar-refractivity contribution is 4.99. The van der Waals surface area contributed by atoms with Crippen LogP contribution in [0.4, 0.5) is 0 Å². The quantitative estimate of drug-likeness (QED) is 0.149. The summed E-state index contributed by atoms with van der Waals surface area (Å²) in [5, 5.41) is 66.2. The summed E-state index contributed by atoms with van der Waals surface area (Å²) < 4.78 is 15.9. The number of azide groups is 2. The van der Waals surface area contributed by atoms with Crippen molar-refractivity contribution in [2.24, 2.45) is 10.2 Å². The van der Waals surface area contributed by atoms with E-state index in [9.17, 15) is 30.6 Å². The van der Waals surface area contributed by atoms with Gasteiger partial charge < -0.3 is 44.8 Å². The first-order valence-corrected chi connectivity index (χ1v) is 7.85. The number of nitrogens with zero attached hydrogens (tertiary/aromatic N) is 6. The van der Waals surface area contributed by atoms with Gasteiger partial charge in [-0.2, -0.15) is 0 Å². The summed E-state index contributed by atoms with van der Waals surface area (Å²) >= 11 is 0. The minimum absolute atomic E-state index is 0.380. The zero-order valence-corrected chi connectivity index (χ0v) is 13.8. The van der Waals surface area contributed by atoms with Crippen LogP contribution < -0.4 is 0 Å². The molecule has 0 bridgehead atoms. The van der Waals surface area contributed by atoms with E-state index >= 15 is 0 Å². The summed E-state index contributed by atoms with van der Waals surface area (Å²) in [6, 6.07) is 0. The SMILES string of the molecule is [N-]=[N+]=NCC1OC(OC2(CO)OC(CN=[N+]=[N-])C(O)C2O)C(O)C(O)C1O. The molecule has 0 aromatic rings. The zero-order chi connectivity index (χ0) is 20.2. The van der Waals surface area contributed by atoms with Gasteiger partial charge in [-0.3, -0.25) is 0 Å². The molecule has 0 aromatic carbocycles. The smallest absolute Gasteiger partial charge is 0.223 e. The molecule has 0 aliphatic carbocycles. The molecule has 0 spiro atoms. The van der Waals surface area contributed by atoms with Crippen LogP contribution in [0.25, 0.3) is 20.9 Å². The molecular formula is C12H20N6O9. The zero-order valence-electron chi connectivity index (χ0n) is 13.8. The Hall–Kier alpha value is -1.74. The maximum absolute atomic E-state index is 10.2. The molecule has 9 atom stereocenters. The van der Waals surface area contributed by atoms with Gasteiger partial charge in [0.2, 0.25) is 5.79 Å². The Kier molecular flexibility index (Phi) is 7.16. The van der Waals surface area contributed by atoms with Crippen LogP contribution in [0.5, 0.6) is 0 Å². The Labute approximate surface area is 151 Å². The first-order valence-electron chi connectivity index (χ1n) is 7.85. The standard InChI is InChI=1S/C12H20N6O9/c13-17-15-1-4-6(20)8(22)9(23)11(25-4)27-12(3-19)10(24)7(21)5(26-12)2-16-18-14/h4-11,19-24H,1-3H2. The summed E-state index contributed by atoms with van der Waals surface area (Å²) in [5.41, 5.74) is 16.7. The summed E-state index contributed by atoms with van der Waals surface area (Å²) in [4.78, 5) is 5.00. The fourth-order valence-electron chi connectivity index (χ4n) is 2.87. The number of aliphatic hydroxyl groups is 6. The van der Waals surface area contributed by atoms with Gasteiger partial charge in [-0.05, 0) is 11.1 Å². The van der Waals surface area contributed by atoms with Crippen molar-refractivity contribution in [2.45, 2.75) is 54.8 Å². The van der Waals surface area contributed by atoms with Gasteiger partial charge in [-0.15, -0.1) is 0 Å². The van der Waals surface area contributed by atoms with E-state index in [1.807, 2.05) is 0 Å². The fourth-order valence-corrected chi connectivity index (χ4v) is 2.87. The van der Waals surface area contributed by atoms with E-state index in [1.54, 1.807) is 0 Å². The molecule has 9 unspecified atom stereocenters. The second-order valence-corrected chi connectivity index (χ2v) is 6.02. The molecule has 2 rings (SSSR count). The lowest BCUT2D eigenvalue weighted by Gasteiger charge is -2.43. The average molecular weight is 392 g/mol. The number of ether oxygens (including phenoxy) is 3. The minimum Gasteiger partial charge on any atom is -0.391 e. The molecule has 0 amide bonds. The van der Waals surface area contributed by atoms with E-state index in [0.29, 0.717) is 0 Å². The Morgan fingerprint density at radius 3 is 2.04 bits per heavy atom. The van der Waals surface area contributed by atoms with E-state index in [1.165, 1.54) is 0 Å². The first-order chi connectivity index (χ1) is 12.8. The normalized spacial score (nSPS) is 44.4. The average Bonchev–Trinajstić information content (AvgIpc) is 2.91. The third-order valence-corrected chi connectivity index (χ3v) is 4.36. The Bertz CT molecular complexity index is 614. The molecule has 15 heteroatoms. The second-order valence-electron chi connectivity index (χ2n) is 6.02. The predicted molar refractivity (Wildman–Crippen MR) is 82.5 cm³/mol. The number of hydrogen-bond donors (Lipinski definition) is 6. The van der Waals surface area contributed by atoms with E-state index in [0.717, 1.165) is 0 Å². The van der Waals surface area contributed by atoms with Crippen LogP contribution in [0.2, 0.25) is 0 Å². The van der Waals surface area contributed by atoms with E-state index in [-0.39, 0.29) is 6.54 Å². The van der Waals surface area contributed by atoms with Crippen LogP contribution in [0.1, 0.15) is 0 Å². The minimum atomic E-state index is -2.27. The van der Waals surface area contributed by atoms with E-state index in [2.05, 4.69) is 20.1 Å². The Balaban J connectivity index is 2.20. The topological polar surface area (TPSA) is 247 Å². The highest BCUT2D eigenvalue weighted by atomic mass is 16.8. The lowest BCUT2D eigenvalue weighted by atomic mass is 9.98. The van der Waals surface area contributed by atoms with Gasteiger partial charge in [0.25, 0.3) is 0 Å². The molecule has 0 radical (unpaired) electrons. The van der Waals surface area contributed by atoms with Crippen molar-refractivity contribution in [3.8, 4) is 0 Å². The van der Waals surface area contributed by atoms with Crippen molar-refractivity contribution in [3.05, 3.63) is 20.9 Å². The van der Waals surface area contributed by atoms with Crippen LogP contribution in [-0.2, 0) is 14.2 Å². The molecule has 2 saturated heterocycles. The summed E-state index contributed by atoms with van der Waals surface area (Å²) in [5.74, 6) is -2.27. The molecule has 2 aliphatic rings. The highest BCUT2D eigenvalue weighted by Gasteiger charge is 2.58. The van der Waals surface area contributed by atoms with Crippen molar-refractivity contribution in [1.82, 2.24) is 0 Å². The second kappa shape index (κ2) is 8.97. The van der Waals surface area contributed by atoms with Crippen LogP contribution in [0.3, 0.4) is 0 Å². The Morgan fingerprint density at radius 2 is 1.48 bits per heavy atom. The van der Waals surface area contributed by atoms with Gasteiger partial charge in [0, 0.05) is 9.82 Å². The first kappa shape index (κ1) is 21.6. The lowest BCUT2D eigenvalue weighted by molar-refractivity contribution is -0.380. The highest BCUT2D eigenvalue weighted by Crippen LogP contribution is 2.36. The molecule has 2 fully saturated rings. The van der Waals surface area contributed by atoms with Crippen molar-refractivity contribution in [1.29, 1.82) is 0 Å². The molecule has 0 aromatic heterocycles. The number of hydrogen-bond acceptors (Lipinski definition) is 11. The van der Waals surface area contributed by atoms with Crippen molar-refractivity contribution < 1.29 is 44.8 Å². The van der Waals surface area contributed by atoms with Gasteiger partial charge in [0.15, 0.2) is 6.29 Å². The molecule has 2 aliphatic heterocycles. The van der Waals surface area contributed by atoms with Crippen LogP contribution in [0.15, 0.2) is 10.2 Å². The number of aliphatic hydroxyl groups excluding tert-OH is 6. The summed E-state index contributed by atoms with van der Waals surface area (Å²) in [7, 11) is 0. The summed E-state index contributed by atoms with van der Waals surface area (Å²) in [6.45, 7) is -1.78. The molecule has 27 heavy (non-hydrogen) atoms.